The van der Waals surface area contributed by atoms with E-state index >= 15 is 0 Å². The van der Waals surface area contributed by atoms with E-state index < -0.39 is 57.2 Å². The Balaban J connectivity index is 1.49. The predicted octanol–water partition coefficient (Wildman–Crippen LogP) is 1.08. The van der Waals surface area contributed by atoms with E-state index in [9.17, 15) is 31.9 Å². The molecule has 2 aromatic carbocycles. The lowest BCUT2D eigenvalue weighted by molar-refractivity contribution is -0.134. The highest BCUT2D eigenvalue weighted by Gasteiger charge is 2.20. The Hall–Kier alpha value is -4.12. The van der Waals surface area contributed by atoms with Crippen LogP contribution in [0, 0.1) is 11.6 Å². The zero-order valence-electron chi connectivity index (χ0n) is 31.5. The maximum atomic E-state index is 14.7. The van der Waals surface area contributed by atoms with Gasteiger partial charge in [-0.3, -0.25) is 9.59 Å². The fraction of sp³-hybridized carbons (Fsp3) is 0.528. The Bertz CT molecular complexity index is 1640. The Morgan fingerprint density at radius 2 is 1.27 bits per heavy atom. The SMILES string of the molecule is C/C(=C\c1cc(F)c(Oc2ccc(S(=O)(=O)CCCOCCOCCOCCOCCOCCOCCNC(=O)[C@H](O)[C@H](C)O)cc2)c(F)c1)C(=O)N=C(N)N. The molecule has 0 aromatic heterocycles. The minimum atomic E-state index is -3.66. The van der Waals surface area contributed by atoms with Gasteiger partial charge in [0.1, 0.15) is 5.75 Å². The summed E-state index contributed by atoms with van der Waals surface area (Å²) in [6.45, 7) is 6.78. The van der Waals surface area contributed by atoms with Crippen LogP contribution in [0.15, 0.2) is 51.9 Å². The molecule has 314 valence electrons. The number of nitrogens with two attached hydrogens (primary N) is 2. The molecule has 0 saturated heterocycles. The molecular formula is C36H52F2N4O13S. The van der Waals surface area contributed by atoms with Gasteiger partial charge in [-0.15, -0.1) is 0 Å². The van der Waals surface area contributed by atoms with Crippen LogP contribution in [-0.2, 0) is 47.8 Å². The van der Waals surface area contributed by atoms with Gasteiger partial charge in [-0.2, -0.15) is 4.99 Å². The maximum Gasteiger partial charge on any atom is 0.275 e. The molecule has 0 heterocycles. The zero-order valence-corrected chi connectivity index (χ0v) is 32.3. The topological polar surface area (TPSA) is 250 Å². The third kappa shape index (κ3) is 19.6. The Labute approximate surface area is 324 Å². The highest BCUT2D eigenvalue weighted by atomic mass is 32.2. The average Bonchev–Trinajstić information content (AvgIpc) is 3.14. The molecule has 0 fully saturated rings. The van der Waals surface area contributed by atoms with Crippen molar-refractivity contribution in [2.45, 2.75) is 37.4 Å². The van der Waals surface area contributed by atoms with Gasteiger partial charge in [0, 0.05) is 18.7 Å². The number of aliphatic imine (C=N–C) groups is 1. The summed E-state index contributed by atoms with van der Waals surface area (Å²) in [5.41, 5.74) is 10.4. The first-order valence-corrected chi connectivity index (χ1v) is 19.3. The number of rotatable bonds is 29. The van der Waals surface area contributed by atoms with E-state index in [1.54, 1.807) is 0 Å². The van der Waals surface area contributed by atoms with Crippen molar-refractivity contribution in [3.05, 3.63) is 59.2 Å². The van der Waals surface area contributed by atoms with Crippen molar-refractivity contribution in [3.63, 3.8) is 0 Å². The number of aliphatic hydroxyl groups is 2. The van der Waals surface area contributed by atoms with E-state index in [0.29, 0.717) is 59.5 Å². The monoisotopic (exact) mass is 818 g/mol. The summed E-state index contributed by atoms with van der Waals surface area (Å²) in [6.07, 6.45) is -1.18. The zero-order chi connectivity index (χ0) is 41.3. The minimum Gasteiger partial charge on any atom is -0.451 e. The van der Waals surface area contributed by atoms with Crippen LogP contribution < -0.4 is 21.5 Å². The molecular weight excluding hydrogens is 766 g/mol. The lowest BCUT2D eigenvalue weighted by Crippen LogP contribution is -2.42. The molecule has 0 aliphatic carbocycles. The van der Waals surface area contributed by atoms with Gasteiger partial charge in [0.15, 0.2) is 39.3 Å². The normalized spacial score (nSPS) is 12.9. The van der Waals surface area contributed by atoms with Gasteiger partial charge in [-0.05, 0) is 68.3 Å². The van der Waals surface area contributed by atoms with Crippen LogP contribution in [0.5, 0.6) is 11.5 Å². The number of benzene rings is 2. The predicted molar refractivity (Wildman–Crippen MR) is 200 cm³/mol. The Morgan fingerprint density at radius 1 is 0.804 bits per heavy atom. The number of ether oxygens (including phenoxy) is 7. The fourth-order valence-electron chi connectivity index (χ4n) is 4.35. The van der Waals surface area contributed by atoms with E-state index in [-0.39, 0.29) is 60.3 Å². The number of aliphatic hydroxyl groups excluding tert-OH is 2. The largest absolute Gasteiger partial charge is 0.451 e. The third-order valence-corrected chi connectivity index (χ3v) is 9.02. The van der Waals surface area contributed by atoms with Crippen molar-refractivity contribution < 1.29 is 70.2 Å². The van der Waals surface area contributed by atoms with Gasteiger partial charge < -0.3 is 60.2 Å². The van der Waals surface area contributed by atoms with E-state index in [0.717, 1.165) is 12.1 Å². The van der Waals surface area contributed by atoms with E-state index in [2.05, 4.69) is 10.3 Å². The number of carbonyl (C=O) groups is 2. The summed E-state index contributed by atoms with van der Waals surface area (Å²) in [6, 6.07) is 7.03. The second-order valence-electron chi connectivity index (χ2n) is 11.9. The number of sulfone groups is 1. The van der Waals surface area contributed by atoms with Crippen molar-refractivity contribution in [1.29, 1.82) is 0 Å². The van der Waals surface area contributed by atoms with E-state index in [4.69, 9.17) is 49.7 Å². The molecule has 0 radical (unpaired) electrons. The molecule has 2 atom stereocenters. The van der Waals surface area contributed by atoms with Gasteiger partial charge in [-0.1, -0.05) is 0 Å². The molecule has 56 heavy (non-hydrogen) atoms. The van der Waals surface area contributed by atoms with Crippen molar-refractivity contribution in [3.8, 4) is 11.5 Å². The fourth-order valence-corrected chi connectivity index (χ4v) is 5.64. The molecule has 2 amide bonds. The highest BCUT2D eigenvalue weighted by Crippen LogP contribution is 2.30. The minimum absolute atomic E-state index is 0.00386. The molecule has 7 N–H and O–H groups in total. The summed E-state index contributed by atoms with van der Waals surface area (Å²) in [5, 5.41) is 21.0. The number of carbonyl (C=O) groups excluding carboxylic acids is 2. The van der Waals surface area contributed by atoms with Crippen LogP contribution in [0.3, 0.4) is 0 Å². The number of hydrogen-bond donors (Lipinski definition) is 5. The van der Waals surface area contributed by atoms with E-state index in [1.165, 1.54) is 44.2 Å². The summed E-state index contributed by atoms with van der Waals surface area (Å²) in [5.74, 6) is -4.86. The van der Waals surface area contributed by atoms with Gasteiger partial charge in [-0.25, -0.2) is 17.2 Å². The van der Waals surface area contributed by atoms with Crippen molar-refractivity contribution in [2.24, 2.45) is 16.5 Å². The molecule has 20 heteroatoms. The number of guanidine groups is 1. The van der Waals surface area contributed by atoms with Gasteiger partial charge in [0.25, 0.3) is 11.8 Å². The number of nitrogens with one attached hydrogen (secondary N) is 1. The number of nitrogens with zero attached hydrogens (tertiary/aromatic N) is 1. The lowest BCUT2D eigenvalue weighted by Gasteiger charge is -2.13. The molecule has 0 spiro atoms. The van der Waals surface area contributed by atoms with Crippen molar-refractivity contribution in [2.75, 3.05) is 91.6 Å². The molecule has 0 aliphatic heterocycles. The molecule has 0 aliphatic rings. The van der Waals surface area contributed by atoms with Crippen molar-refractivity contribution in [1.82, 2.24) is 5.32 Å². The van der Waals surface area contributed by atoms with Gasteiger partial charge >= 0.3 is 0 Å². The lowest BCUT2D eigenvalue weighted by atomic mass is 10.1. The van der Waals surface area contributed by atoms with Gasteiger partial charge in [0.05, 0.1) is 89.4 Å². The second kappa shape index (κ2) is 26.7. The molecule has 2 aromatic rings. The molecule has 0 saturated carbocycles. The molecule has 0 unspecified atom stereocenters. The number of halogens is 2. The number of amides is 2. The molecule has 17 nitrogen and oxygen atoms in total. The van der Waals surface area contributed by atoms with E-state index in [1.807, 2.05) is 0 Å². The van der Waals surface area contributed by atoms with Crippen LogP contribution in [0.4, 0.5) is 8.78 Å². The molecule has 0 bridgehead atoms. The smallest absolute Gasteiger partial charge is 0.275 e. The summed E-state index contributed by atoms with van der Waals surface area (Å²) in [4.78, 5) is 26.7. The highest BCUT2D eigenvalue weighted by molar-refractivity contribution is 7.91. The van der Waals surface area contributed by atoms with Crippen molar-refractivity contribution >= 4 is 33.7 Å². The summed E-state index contributed by atoms with van der Waals surface area (Å²) >= 11 is 0. The first-order valence-electron chi connectivity index (χ1n) is 17.6. The third-order valence-electron chi connectivity index (χ3n) is 7.21. The average molecular weight is 819 g/mol. The molecule has 2 rings (SSSR count). The van der Waals surface area contributed by atoms with Gasteiger partial charge in [0.2, 0.25) is 0 Å². The van der Waals surface area contributed by atoms with Crippen LogP contribution in [-0.4, -0.2) is 140 Å². The summed E-state index contributed by atoms with van der Waals surface area (Å²) < 4.78 is 92.6. The van der Waals surface area contributed by atoms with Crippen LogP contribution in [0.25, 0.3) is 6.08 Å². The Morgan fingerprint density at radius 3 is 1.73 bits per heavy atom. The Kier molecular flexibility index (Phi) is 22.9. The quantitative estimate of drug-likeness (QED) is 0.0334. The standard InChI is InChI=1S/C36H52F2N4O13S/c1-25(34(45)42-36(39)40)22-27-23-30(37)33(31(38)24-27)55-28-4-6-29(7-5-28)56(47,48)21-3-9-49-11-13-51-15-17-53-19-20-54-18-16-52-14-12-50-10-8-41-35(46)32(44)26(2)43/h4-7,22-24,26,32,43-44H,3,8-21H2,1-2H3,(H,41,46)(H4,39,40,42,45)/b25-22+/t26-,32+/m0/s1. The van der Waals surface area contributed by atoms with Crippen LogP contribution >= 0.6 is 0 Å². The first kappa shape index (κ1) is 48.0. The maximum absolute atomic E-state index is 14.7. The van der Waals surface area contributed by atoms with Crippen LogP contribution in [0.2, 0.25) is 0 Å². The second-order valence-corrected chi connectivity index (χ2v) is 14.0. The van der Waals surface area contributed by atoms with Crippen LogP contribution in [0.1, 0.15) is 25.8 Å². The number of hydrogen-bond acceptors (Lipinski definition) is 13. The first-order chi connectivity index (χ1) is 26.7. The summed E-state index contributed by atoms with van der Waals surface area (Å²) in [7, 11) is -3.66.